The monoisotopic (exact) mass is 203 g/mol. The number of hydrogen-bond donors (Lipinski definition) is 1. The van der Waals surface area contributed by atoms with Crippen LogP contribution in [0.4, 0.5) is 0 Å². The van der Waals surface area contributed by atoms with Gasteiger partial charge in [-0.3, -0.25) is 4.98 Å². The molecule has 1 N–H and O–H groups in total. The maximum atomic E-state index is 8.56. The zero-order valence-electron chi connectivity index (χ0n) is 9.16. The summed E-state index contributed by atoms with van der Waals surface area (Å²) in [6.07, 6.45) is 5.16. The predicted molar refractivity (Wildman–Crippen MR) is 61.4 cm³/mol. The molecular formula is C13H17NO. The minimum absolute atomic E-state index is 0.220. The van der Waals surface area contributed by atoms with Crippen LogP contribution in [0.25, 0.3) is 0 Å². The summed E-state index contributed by atoms with van der Waals surface area (Å²) in [5.74, 6) is 6.06. The highest BCUT2D eigenvalue weighted by Gasteiger charge is 1.91. The van der Waals surface area contributed by atoms with Crippen molar-refractivity contribution in [1.82, 2.24) is 4.98 Å². The minimum Gasteiger partial charge on any atom is -0.396 e. The van der Waals surface area contributed by atoms with Crippen LogP contribution in [0.2, 0.25) is 0 Å². The molecule has 80 valence electrons. The van der Waals surface area contributed by atoms with Gasteiger partial charge in [-0.25, -0.2) is 0 Å². The number of hydrogen-bond acceptors (Lipinski definition) is 2. The second-order valence-electron chi connectivity index (χ2n) is 3.37. The number of unbranched alkanes of at least 4 members (excludes halogenated alkanes) is 1. The molecule has 2 nitrogen and oxygen atoms in total. The molecule has 0 unspecified atom stereocenters. The van der Waals surface area contributed by atoms with Gasteiger partial charge in [0.1, 0.15) is 0 Å². The van der Waals surface area contributed by atoms with E-state index in [4.69, 9.17) is 5.11 Å². The third-order valence-electron chi connectivity index (χ3n) is 2.15. The van der Waals surface area contributed by atoms with Gasteiger partial charge in [0.2, 0.25) is 0 Å². The maximum absolute atomic E-state index is 8.56. The number of rotatable bonds is 4. The Morgan fingerprint density at radius 1 is 1.33 bits per heavy atom. The lowest BCUT2D eigenvalue weighted by Crippen LogP contribution is -1.89. The van der Waals surface area contributed by atoms with Gasteiger partial charge in [0.15, 0.2) is 0 Å². The lowest BCUT2D eigenvalue weighted by atomic mass is 10.2. The SMILES string of the molecule is CCc1ccc(CC#CCCCO)nc1. The fourth-order valence-corrected chi connectivity index (χ4v) is 1.18. The molecule has 0 saturated carbocycles. The van der Waals surface area contributed by atoms with Gasteiger partial charge >= 0.3 is 0 Å². The molecular weight excluding hydrogens is 186 g/mol. The van der Waals surface area contributed by atoms with Gasteiger partial charge in [0, 0.05) is 19.2 Å². The predicted octanol–water partition coefficient (Wildman–Crippen LogP) is 1.96. The molecule has 0 atom stereocenters. The summed E-state index contributed by atoms with van der Waals surface area (Å²) in [6, 6.07) is 4.12. The highest BCUT2D eigenvalue weighted by molar-refractivity contribution is 5.18. The van der Waals surface area contributed by atoms with E-state index in [2.05, 4.69) is 29.8 Å². The fourth-order valence-electron chi connectivity index (χ4n) is 1.18. The van der Waals surface area contributed by atoms with Crippen LogP contribution in [0.3, 0.4) is 0 Å². The quantitative estimate of drug-likeness (QED) is 0.599. The maximum Gasteiger partial charge on any atom is 0.0522 e. The molecule has 0 aliphatic carbocycles. The summed E-state index contributed by atoms with van der Waals surface area (Å²) in [5, 5.41) is 8.56. The summed E-state index contributed by atoms with van der Waals surface area (Å²) in [5.41, 5.74) is 2.27. The standard InChI is InChI=1S/C13H17NO/c1-2-12-8-9-13(14-11-12)7-5-3-4-6-10-15/h8-9,11,15H,2,4,6-7,10H2,1H3. The molecule has 1 aromatic rings. The van der Waals surface area contributed by atoms with Crippen LogP contribution in [0.1, 0.15) is 31.0 Å². The molecule has 0 radical (unpaired) electrons. The van der Waals surface area contributed by atoms with E-state index in [0.29, 0.717) is 6.42 Å². The van der Waals surface area contributed by atoms with E-state index >= 15 is 0 Å². The van der Waals surface area contributed by atoms with Gasteiger partial charge in [-0.15, -0.1) is 5.92 Å². The molecule has 1 rings (SSSR count). The van der Waals surface area contributed by atoms with Gasteiger partial charge in [0.05, 0.1) is 12.1 Å². The first-order valence-corrected chi connectivity index (χ1v) is 5.37. The highest BCUT2D eigenvalue weighted by atomic mass is 16.2. The van der Waals surface area contributed by atoms with Crippen LogP contribution in [-0.4, -0.2) is 16.7 Å². The number of pyridine rings is 1. The Morgan fingerprint density at radius 2 is 2.20 bits per heavy atom. The lowest BCUT2D eigenvalue weighted by Gasteiger charge is -1.96. The number of aryl methyl sites for hydroxylation is 1. The molecule has 2 heteroatoms. The molecule has 0 saturated heterocycles. The van der Waals surface area contributed by atoms with Crippen molar-refractivity contribution in [3.8, 4) is 11.8 Å². The Balaban J connectivity index is 2.39. The minimum atomic E-state index is 0.220. The van der Waals surface area contributed by atoms with Crippen LogP contribution < -0.4 is 0 Å². The first-order chi connectivity index (χ1) is 7.36. The van der Waals surface area contributed by atoms with Crippen molar-refractivity contribution >= 4 is 0 Å². The van der Waals surface area contributed by atoms with Gasteiger partial charge < -0.3 is 5.11 Å². The zero-order chi connectivity index (χ0) is 10.9. The van der Waals surface area contributed by atoms with Gasteiger partial charge in [-0.2, -0.15) is 0 Å². The third-order valence-corrected chi connectivity index (χ3v) is 2.15. The third kappa shape index (κ3) is 4.62. The van der Waals surface area contributed by atoms with E-state index in [9.17, 15) is 0 Å². The zero-order valence-corrected chi connectivity index (χ0v) is 9.16. The molecule has 0 fully saturated rings. The molecule has 0 amide bonds. The van der Waals surface area contributed by atoms with E-state index in [0.717, 1.165) is 25.0 Å². The second-order valence-corrected chi connectivity index (χ2v) is 3.37. The molecule has 1 aromatic heterocycles. The topological polar surface area (TPSA) is 33.1 Å². The van der Waals surface area contributed by atoms with Crippen molar-refractivity contribution in [1.29, 1.82) is 0 Å². The van der Waals surface area contributed by atoms with E-state index in [1.54, 1.807) is 0 Å². The summed E-state index contributed by atoms with van der Waals surface area (Å²) < 4.78 is 0. The van der Waals surface area contributed by atoms with Gasteiger partial charge in [-0.1, -0.05) is 18.9 Å². The summed E-state index contributed by atoms with van der Waals surface area (Å²) in [7, 11) is 0. The average Bonchev–Trinajstić information content (AvgIpc) is 2.30. The summed E-state index contributed by atoms with van der Waals surface area (Å²) in [6.45, 7) is 2.34. The van der Waals surface area contributed by atoms with E-state index in [1.807, 2.05) is 12.3 Å². The first kappa shape index (κ1) is 11.7. The molecule has 0 aliphatic rings. The van der Waals surface area contributed by atoms with E-state index in [-0.39, 0.29) is 6.61 Å². The Kier molecular flexibility index (Phi) is 5.50. The van der Waals surface area contributed by atoms with Crippen LogP contribution in [-0.2, 0) is 12.8 Å². The molecule has 15 heavy (non-hydrogen) atoms. The molecule has 0 aliphatic heterocycles. The van der Waals surface area contributed by atoms with Crippen LogP contribution in [0.15, 0.2) is 18.3 Å². The Hall–Kier alpha value is -1.33. The van der Waals surface area contributed by atoms with Crippen molar-refractivity contribution in [2.45, 2.75) is 32.6 Å². The van der Waals surface area contributed by atoms with Crippen LogP contribution in [0, 0.1) is 11.8 Å². The number of aliphatic hydroxyl groups is 1. The molecule has 0 bridgehead atoms. The van der Waals surface area contributed by atoms with Crippen molar-refractivity contribution in [2.75, 3.05) is 6.61 Å². The van der Waals surface area contributed by atoms with Crippen molar-refractivity contribution in [2.24, 2.45) is 0 Å². The molecule has 0 spiro atoms. The average molecular weight is 203 g/mol. The number of aliphatic hydroxyl groups excluding tert-OH is 1. The fraction of sp³-hybridized carbons (Fsp3) is 0.462. The van der Waals surface area contributed by atoms with Crippen LogP contribution >= 0.6 is 0 Å². The first-order valence-electron chi connectivity index (χ1n) is 5.37. The summed E-state index contributed by atoms with van der Waals surface area (Å²) >= 11 is 0. The van der Waals surface area contributed by atoms with E-state index in [1.165, 1.54) is 5.56 Å². The van der Waals surface area contributed by atoms with Crippen molar-refractivity contribution in [3.05, 3.63) is 29.6 Å². The second kappa shape index (κ2) is 7.03. The molecule has 1 heterocycles. The Labute approximate surface area is 91.4 Å². The summed E-state index contributed by atoms with van der Waals surface area (Å²) in [4.78, 5) is 4.32. The largest absolute Gasteiger partial charge is 0.396 e. The van der Waals surface area contributed by atoms with Crippen LogP contribution in [0.5, 0.6) is 0 Å². The van der Waals surface area contributed by atoms with Gasteiger partial charge in [-0.05, 0) is 24.5 Å². The van der Waals surface area contributed by atoms with Crippen molar-refractivity contribution < 1.29 is 5.11 Å². The Morgan fingerprint density at radius 3 is 2.80 bits per heavy atom. The highest BCUT2D eigenvalue weighted by Crippen LogP contribution is 2.01. The lowest BCUT2D eigenvalue weighted by molar-refractivity contribution is 0.290. The Bertz CT molecular complexity index is 332. The normalized spacial score (nSPS) is 9.47. The smallest absolute Gasteiger partial charge is 0.0522 e. The molecule has 0 aromatic carbocycles. The van der Waals surface area contributed by atoms with Gasteiger partial charge in [0.25, 0.3) is 0 Å². The van der Waals surface area contributed by atoms with E-state index < -0.39 is 0 Å². The number of aromatic nitrogens is 1. The number of nitrogens with zero attached hydrogens (tertiary/aromatic N) is 1. The van der Waals surface area contributed by atoms with Crippen molar-refractivity contribution in [3.63, 3.8) is 0 Å².